The Morgan fingerprint density at radius 3 is 1.74 bits per heavy atom. The molecule has 3 heteroatoms. The summed E-state index contributed by atoms with van der Waals surface area (Å²) in [5, 5.41) is 4.58. The van der Waals surface area contributed by atoms with Crippen LogP contribution in [0.1, 0.15) is 0 Å². The number of hydrogen-bond acceptors (Lipinski definition) is 3. The summed E-state index contributed by atoms with van der Waals surface area (Å²) < 4.78 is 6.33. The van der Waals surface area contributed by atoms with E-state index < -0.39 is 0 Å². The van der Waals surface area contributed by atoms with Crippen LogP contribution in [0.15, 0.2) is 199 Å². The first kappa shape index (κ1) is 30.7. The van der Waals surface area contributed by atoms with Crippen molar-refractivity contribution in [1.29, 1.82) is 0 Å². The van der Waals surface area contributed by atoms with Gasteiger partial charge in [0.25, 0.3) is 0 Å². The predicted octanol–water partition coefficient (Wildman–Crippen LogP) is 13.5. The molecule has 0 bridgehead atoms. The van der Waals surface area contributed by atoms with Crippen molar-refractivity contribution in [2.45, 2.75) is 0 Å². The van der Waals surface area contributed by atoms with E-state index in [2.05, 4.69) is 176 Å². The van der Waals surface area contributed by atoms with Gasteiger partial charge in [0.05, 0.1) is 11.4 Å². The molecule has 0 saturated heterocycles. The Bertz CT molecular complexity index is 2950. The summed E-state index contributed by atoms with van der Waals surface area (Å²) in [6.45, 7) is 0. The molecular weight excluding hydrogens is 645 g/mol. The fourth-order valence-electron chi connectivity index (χ4n) is 7.43. The van der Waals surface area contributed by atoms with E-state index in [4.69, 9.17) is 14.4 Å². The summed E-state index contributed by atoms with van der Waals surface area (Å²) in [5.41, 5.74) is 13.2. The van der Waals surface area contributed by atoms with Gasteiger partial charge in [0.1, 0.15) is 11.2 Å². The molecule has 2 heterocycles. The zero-order valence-corrected chi connectivity index (χ0v) is 28.8. The molecule has 0 aliphatic carbocycles. The van der Waals surface area contributed by atoms with Crippen LogP contribution in [0, 0.1) is 0 Å². The highest BCUT2D eigenvalue weighted by Gasteiger charge is 2.17. The van der Waals surface area contributed by atoms with E-state index in [1.807, 2.05) is 18.2 Å². The molecule has 3 nitrogen and oxygen atoms in total. The van der Waals surface area contributed by atoms with Crippen molar-refractivity contribution in [2.75, 3.05) is 0 Å². The summed E-state index contributed by atoms with van der Waals surface area (Å²) in [5.74, 6) is 0.679. The van der Waals surface area contributed by atoms with Crippen LogP contribution in [0.2, 0.25) is 0 Å². The van der Waals surface area contributed by atoms with E-state index in [0.717, 1.165) is 83.4 Å². The van der Waals surface area contributed by atoms with Gasteiger partial charge in [0.2, 0.25) is 0 Å². The number of benzene rings is 8. The highest BCUT2D eigenvalue weighted by atomic mass is 16.3. The van der Waals surface area contributed by atoms with Gasteiger partial charge in [-0.05, 0) is 92.7 Å². The maximum atomic E-state index is 6.33. The molecule has 53 heavy (non-hydrogen) atoms. The summed E-state index contributed by atoms with van der Waals surface area (Å²) in [6.07, 6.45) is 0. The molecule has 0 amide bonds. The Hall–Kier alpha value is -7.10. The summed E-state index contributed by atoms with van der Waals surface area (Å²) in [6, 6.07) is 68.1. The standard InChI is InChI=1S/C50H32N2O/c1-3-13-33(14-4-1)37-19-11-20-39(28-37)50-51-45(38-26-25-35-17-7-8-18-36(35)27-38)32-46(52-50)42-30-40(34-15-5-2-6-16-34)29-41(31-42)43-22-12-24-48-49(43)44-21-9-10-23-47(44)53-48/h1-32H. The van der Waals surface area contributed by atoms with Crippen molar-refractivity contribution in [3.05, 3.63) is 194 Å². The van der Waals surface area contributed by atoms with Gasteiger partial charge in [0, 0.05) is 27.5 Å². The van der Waals surface area contributed by atoms with Crippen LogP contribution < -0.4 is 0 Å². The largest absolute Gasteiger partial charge is 0.456 e. The first-order valence-corrected chi connectivity index (χ1v) is 17.9. The van der Waals surface area contributed by atoms with Crippen LogP contribution in [0.3, 0.4) is 0 Å². The number of para-hydroxylation sites is 1. The molecule has 0 radical (unpaired) electrons. The van der Waals surface area contributed by atoms with Gasteiger partial charge in [-0.3, -0.25) is 0 Å². The van der Waals surface area contributed by atoms with Gasteiger partial charge in [-0.1, -0.05) is 146 Å². The lowest BCUT2D eigenvalue weighted by atomic mass is 9.92. The molecule has 10 aromatic rings. The number of rotatable bonds is 6. The first-order chi connectivity index (χ1) is 26.2. The number of hydrogen-bond donors (Lipinski definition) is 0. The highest BCUT2D eigenvalue weighted by molar-refractivity contribution is 6.12. The third-order valence-electron chi connectivity index (χ3n) is 10.0. The predicted molar refractivity (Wildman–Crippen MR) is 219 cm³/mol. The normalized spacial score (nSPS) is 11.4. The second-order valence-electron chi connectivity index (χ2n) is 13.4. The molecule has 10 rings (SSSR count). The Labute approximate surface area is 307 Å². The van der Waals surface area contributed by atoms with Crippen LogP contribution in [0.5, 0.6) is 0 Å². The van der Waals surface area contributed by atoms with E-state index >= 15 is 0 Å². The average Bonchev–Trinajstić information content (AvgIpc) is 3.63. The molecule has 8 aromatic carbocycles. The van der Waals surface area contributed by atoms with Gasteiger partial charge >= 0.3 is 0 Å². The van der Waals surface area contributed by atoms with Crippen molar-refractivity contribution in [1.82, 2.24) is 9.97 Å². The number of furan rings is 1. The van der Waals surface area contributed by atoms with E-state index in [0.29, 0.717) is 5.82 Å². The minimum Gasteiger partial charge on any atom is -0.456 e. The van der Waals surface area contributed by atoms with Crippen molar-refractivity contribution < 1.29 is 4.42 Å². The van der Waals surface area contributed by atoms with Gasteiger partial charge in [0.15, 0.2) is 5.82 Å². The van der Waals surface area contributed by atoms with E-state index in [1.54, 1.807) is 0 Å². The van der Waals surface area contributed by atoms with E-state index in [9.17, 15) is 0 Å². The lowest BCUT2D eigenvalue weighted by molar-refractivity contribution is 0.669. The SMILES string of the molecule is c1ccc(-c2cccc(-c3nc(-c4cc(-c5ccccc5)cc(-c5cccc6oc7ccccc7c56)c4)cc(-c4ccc5ccccc5c4)n3)c2)cc1. The van der Waals surface area contributed by atoms with Crippen LogP contribution >= 0.6 is 0 Å². The molecule has 248 valence electrons. The van der Waals surface area contributed by atoms with Crippen molar-refractivity contribution in [3.8, 4) is 67.3 Å². The zero-order valence-electron chi connectivity index (χ0n) is 28.8. The minimum atomic E-state index is 0.679. The van der Waals surface area contributed by atoms with Gasteiger partial charge in [-0.2, -0.15) is 0 Å². The molecule has 0 atom stereocenters. The molecule has 0 aliphatic heterocycles. The summed E-state index contributed by atoms with van der Waals surface area (Å²) in [7, 11) is 0. The lowest BCUT2D eigenvalue weighted by Crippen LogP contribution is -1.97. The highest BCUT2D eigenvalue weighted by Crippen LogP contribution is 2.40. The third kappa shape index (κ3) is 5.75. The van der Waals surface area contributed by atoms with E-state index in [-0.39, 0.29) is 0 Å². The van der Waals surface area contributed by atoms with Crippen molar-refractivity contribution in [2.24, 2.45) is 0 Å². The fourth-order valence-corrected chi connectivity index (χ4v) is 7.43. The monoisotopic (exact) mass is 676 g/mol. The van der Waals surface area contributed by atoms with Crippen LogP contribution in [-0.2, 0) is 0 Å². The fraction of sp³-hybridized carbons (Fsp3) is 0. The number of fused-ring (bicyclic) bond motifs is 4. The molecule has 0 aliphatic rings. The molecular formula is C50H32N2O. The second-order valence-corrected chi connectivity index (χ2v) is 13.4. The number of aromatic nitrogens is 2. The Morgan fingerprint density at radius 2 is 0.906 bits per heavy atom. The molecule has 2 aromatic heterocycles. The van der Waals surface area contributed by atoms with Crippen molar-refractivity contribution >= 4 is 32.7 Å². The third-order valence-corrected chi connectivity index (χ3v) is 10.0. The van der Waals surface area contributed by atoms with Crippen LogP contribution in [0.25, 0.3) is 100.0 Å². The van der Waals surface area contributed by atoms with Gasteiger partial charge in [-0.15, -0.1) is 0 Å². The van der Waals surface area contributed by atoms with Crippen LogP contribution in [-0.4, -0.2) is 9.97 Å². The topological polar surface area (TPSA) is 38.9 Å². The second kappa shape index (κ2) is 12.9. The molecule has 0 saturated carbocycles. The van der Waals surface area contributed by atoms with E-state index in [1.165, 1.54) is 10.8 Å². The maximum Gasteiger partial charge on any atom is 0.160 e. The Kier molecular flexibility index (Phi) is 7.47. The smallest absolute Gasteiger partial charge is 0.160 e. The summed E-state index contributed by atoms with van der Waals surface area (Å²) in [4.78, 5) is 10.6. The van der Waals surface area contributed by atoms with Crippen molar-refractivity contribution in [3.63, 3.8) is 0 Å². The average molecular weight is 677 g/mol. The molecule has 0 N–H and O–H groups in total. The van der Waals surface area contributed by atoms with Gasteiger partial charge in [-0.25, -0.2) is 9.97 Å². The molecule has 0 unspecified atom stereocenters. The lowest BCUT2D eigenvalue weighted by Gasteiger charge is -2.14. The summed E-state index contributed by atoms with van der Waals surface area (Å²) >= 11 is 0. The Balaban J connectivity index is 1.21. The quantitative estimate of drug-likeness (QED) is 0.176. The molecule has 0 spiro atoms. The van der Waals surface area contributed by atoms with Gasteiger partial charge < -0.3 is 4.42 Å². The first-order valence-electron chi connectivity index (χ1n) is 17.9. The Morgan fingerprint density at radius 1 is 0.321 bits per heavy atom. The maximum absolute atomic E-state index is 6.33. The zero-order chi connectivity index (χ0) is 35.1. The molecule has 0 fully saturated rings. The number of nitrogens with zero attached hydrogens (tertiary/aromatic N) is 2. The van der Waals surface area contributed by atoms with Crippen LogP contribution in [0.4, 0.5) is 0 Å². The minimum absolute atomic E-state index is 0.679.